The van der Waals surface area contributed by atoms with Crippen LogP contribution in [0.25, 0.3) is 16.9 Å². The van der Waals surface area contributed by atoms with E-state index in [9.17, 15) is 9.18 Å². The van der Waals surface area contributed by atoms with Crippen LogP contribution in [0.4, 0.5) is 10.2 Å². The van der Waals surface area contributed by atoms with Gasteiger partial charge in [-0.25, -0.2) is 14.4 Å². The summed E-state index contributed by atoms with van der Waals surface area (Å²) in [6, 6.07) is 6.01. The first-order valence-corrected chi connectivity index (χ1v) is 9.67. The molecule has 3 heterocycles. The number of anilines is 1. The first kappa shape index (κ1) is 19.2. The Morgan fingerprint density at radius 3 is 2.41 bits per heavy atom. The molecular formula is C20H24FN7O. The number of nitrogens with zero attached hydrogens (tertiary/aromatic N) is 7. The highest BCUT2D eigenvalue weighted by Crippen LogP contribution is 2.25. The molecule has 8 nitrogen and oxygen atoms in total. The number of carbonyl (C=O) groups is 1. The highest BCUT2D eigenvalue weighted by Gasteiger charge is 2.27. The Labute approximate surface area is 168 Å². The van der Waals surface area contributed by atoms with Crippen molar-refractivity contribution in [1.29, 1.82) is 0 Å². The molecule has 1 aliphatic rings. The first-order valence-electron chi connectivity index (χ1n) is 9.67. The van der Waals surface area contributed by atoms with E-state index in [1.807, 2.05) is 4.90 Å². The van der Waals surface area contributed by atoms with E-state index >= 15 is 0 Å². The molecule has 0 saturated carbocycles. The van der Waals surface area contributed by atoms with E-state index in [4.69, 9.17) is 0 Å². The summed E-state index contributed by atoms with van der Waals surface area (Å²) in [7, 11) is 0. The van der Waals surface area contributed by atoms with Gasteiger partial charge in [0.1, 0.15) is 12.1 Å². The maximum atomic E-state index is 13.2. The Morgan fingerprint density at radius 2 is 1.76 bits per heavy atom. The summed E-state index contributed by atoms with van der Waals surface area (Å²) in [6.07, 6.45) is 2.02. The Hall–Kier alpha value is -3.10. The van der Waals surface area contributed by atoms with Gasteiger partial charge in [-0.2, -0.15) is 4.68 Å². The quantitative estimate of drug-likeness (QED) is 0.675. The number of fused-ring (bicyclic) bond motifs is 1. The summed E-state index contributed by atoms with van der Waals surface area (Å²) >= 11 is 0. The summed E-state index contributed by atoms with van der Waals surface area (Å²) in [5.41, 5.74) is 1.81. The third-order valence-electron chi connectivity index (χ3n) is 4.90. The van der Waals surface area contributed by atoms with Gasteiger partial charge in [0.25, 0.3) is 0 Å². The maximum absolute atomic E-state index is 13.2. The van der Waals surface area contributed by atoms with Crippen molar-refractivity contribution in [2.75, 3.05) is 31.1 Å². The number of hydrogen-bond acceptors (Lipinski definition) is 6. The average molecular weight is 397 g/mol. The zero-order valence-corrected chi connectivity index (χ0v) is 16.8. The van der Waals surface area contributed by atoms with Gasteiger partial charge in [0, 0.05) is 32.6 Å². The van der Waals surface area contributed by atoms with Crippen molar-refractivity contribution in [3.05, 3.63) is 36.4 Å². The molecule has 29 heavy (non-hydrogen) atoms. The third-order valence-corrected chi connectivity index (χ3v) is 4.90. The first-order chi connectivity index (χ1) is 13.8. The van der Waals surface area contributed by atoms with Crippen LogP contribution in [-0.2, 0) is 4.79 Å². The molecular weight excluding hydrogens is 373 g/mol. The fourth-order valence-corrected chi connectivity index (χ4v) is 3.46. The molecule has 0 atom stereocenters. The van der Waals surface area contributed by atoms with Crippen molar-refractivity contribution in [2.45, 2.75) is 27.2 Å². The van der Waals surface area contributed by atoms with Crippen molar-refractivity contribution in [2.24, 2.45) is 5.41 Å². The topological polar surface area (TPSA) is 80.0 Å². The van der Waals surface area contributed by atoms with Crippen LogP contribution in [0.15, 0.2) is 30.6 Å². The normalized spacial score (nSPS) is 15.2. The van der Waals surface area contributed by atoms with Crippen LogP contribution in [-0.4, -0.2) is 61.9 Å². The van der Waals surface area contributed by atoms with E-state index in [1.54, 1.807) is 16.8 Å². The molecule has 1 amide bonds. The molecule has 9 heteroatoms. The van der Waals surface area contributed by atoms with Gasteiger partial charge >= 0.3 is 0 Å². The molecule has 3 aromatic rings. The largest absolute Gasteiger partial charge is 0.351 e. The van der Waals surface area contributed by atoms with Crippen LogP contribution in [0.1, 0.15) is 27.2 Å². The lowest BCUT2D eigenvalue weighted by atomic mass is 9.91. The number of aromatic nitrogens is 5. The van der Waals surface area contributed by atoms with Crippen LogP contribution >= 0.6 is 0 Å². The molecule has 0 radical (unpaired) electrons. The molecule has 1 aromatic carbocycles. The molecule has 0 bridgehead atoms. The van der Waals surface area contributed by atoms with Crippen LogP contribution in [0.5, 0.6) is 0 Å². The Bertz CT molecular complexity index is 1020. The highest BCUT2D eigenvalue weighted by molar-refractivity contribution is 5.84. The molecule has 0 unspecified atom stereocenters. The van der Waals surface area contributed by atoms with E-state index in [1.165, 1.54) is 18.5 Å². The molecule has 2 aromatic heterocycles. The maximum Gasteiger partial charge on any atom is 0.223 e. The van der Waals surface area contributed by atoms with E-state index < -0.39 is 0 Å². The standard InChI is InChI=1S/C20H24FN7O/c1-20(2,3)12-16(29)26-8-10-27(11-9-26)18-17-19(23-13-22-18)28(25-24-17)15-6-4-14(21)5-7-15/h4-7,13H,8-12H2,1-3H3. The SMILES string of the molecule is CC(C)(C)CC(=O)N1CCN(c2ncnc3c2nnn3-c2ccc(F)cc2)CC1. The molecule has 0 N–H and O–H groups in total. The van der Waals surface area contributed by atoms with Crippen LogP contribution < -0.4 is 4.90 Å². The molecule has 4 rings (SSSR count). The number of rotatable bonds is 3. The Balaban J connectivity index is 1.54. The lowest BCUT2D eigenvalue weighted by Crippen LogP contribution is -2.49. The van der Waals surface area contributed by atoms with Gasteiger partial charge in [-0.3, -0.25) is 4.79 Å². The molecule has 1 fully saturated rings. The Morgan fingerprint density at radius 1 is 1.07 bits per heavy atom. The monoisotopic (exact) mass is 397 g/mol. The fourth-order valence-electron chi connectivity index (χ4n) is 3.46. The summed E-state index contributed by atoms with van der Waals surface area (Å²) in [4.78, 5) is 25.2. The zero-order valence-electron chi connectivity index (χ0n) is 16.8. The second-order valence-corrected chi connectivity index (χ2v) is 8.45. The number of hydrogen-bond donors (Lipinski definition) is 0. The van der Waals surface area contributed by atoms with E-state index in [-0.39, 0.29) is 17.1 Å². The fraction of sp³-hybridized carbons (Fsp3) is 0.450. The lowest BCUT2D eigenvalue weighted by Gasteiger charge is -2.36. The minimum atomic E-state index is -0.313. The summed E-state index contributed by atoms with van der Waals surface area (Å²) in [5.74, 6) is 0.575. The Kier molecular flexibility index (Phi) is 4.89. The van der Waals surface area contributed by atoms with E-state index in [0.717, 1.165) is 0 Å². The number of amides is 1. The predicted octanol–water partition coefficient (Wildman–Crippen LogP) is 2.43. The second-order valence-electron chi connectivity index (χ2n) is 8.45. The van der Waals surface area contributed by atoms with Gasteiger partial charge in [0.15, 0.2) is 17.0 Å². The number of benzene rings is 1. The van der Waals surface area contributed by atoms with Gasteiger partial charge in [0.05, 0.1) is 5.69 Å². The second kappa shape index (κ2) is 7.38. The van der Waals surface area contributed by atoms with Crippen LogP contribution in [0.2, 0.25) is 0 Å². The van der Waals surface area contributed by atoms with Gasteiger partial charge in [-0.05, 0) is 29.7 Å². The molecule has 0 aliphatic carbocycles. The van der Waals surface area contributed by atoms with Gasteiger partial charge in [-0.15, -0.1) is 5.10 Å². The van der Waals surface area contributed by atoms with E-state index in [2.05, 4.69) is 46.0 Å². The number of piperazine rings is 1. The molecule has 152 valence electrons. The summed E-state index contributed by atoms with van der Waals surface area (Å²) in [6.45, 7) is 8.85. The van der Waals surface area contributed by atoms with E-state index in [0.29, 0.717) is 55.3 Å². The van der Waals surface area contributed by atoms with Gasteiger partial charge in [0.2, 0.25) is 5.91 Å². The van der Waals surface area contributed by atoms with Crippen molar-refractivity contribution < 1.29 is 9.18 Å². The highest BCUT2D eigenvalue weighted by atomic mass is 19.1. The average Bonchev–Trinajstić information content (AvgIpc) is 3.12. The van der Waals surface area contributed by atoms with Crippen molar-refractivity contribution >= 4 is 22.9 Å². The predicted molar refractivity (Wildman–Crippen MR) is 107 cm³/mol. The van der Waals surface area contributed by atoms with Crippen LogP contribution in [0, 0.1) is 11.2 Å². The molecule has 0 spiro atoms. The third kappa shape index (κ3) is 4.03. The van der Waals surface area contributed by atoms with Crippen molar-refractivity contribution in [3.8, 4) is 5.69 Å². The number of carbonyl (C=O) groups excluding carboxylic acids is 1. The minimum Gasteiger partial charge on any atom is -0.351 e. The minimum absolute atomic E-state index is 0.0219. The van der Waals surface area contributed by atoms with Crippen molar-refractivity contribution in [3.63, 3.8) is 0 Å². The lowest BCUT2D eigenvalue weighted by molar-refractivity contribution is -0.133. The zero-order chi connectivity index (χ0) is 20.6. The summed E-state index contributed by atoms with van der Waals surface area (Å²) < 4.78 is 14.8. The van der Waals surface area contributed by atoms with Gasteiger partial charge in [-0.1, -0.05) is 26.0 Å². The van der Waals surface area contributed by atoms with Crippen molar-refractivity contribution in [1.82, 2.24) is 29.9 Å². The summed E-state index contributed by atoms with van der Waals surface area (Å²) in [5, 5.41) is 8.45. The molecule has 1 saturated heterocycles. The smallest absolute Gasteiger partial charge is 0.223 e. The van der Waals surface area contributed by atoms with Crippen LogP contribution in [0.3, 0.4) is 0 Å². The molecule has 1 aliphatic heterocycles. The number of halogens is 1. The van der Waals surface area contributed by atoms with Gasteiger partial charge < -0.3 is 9.80 Å².